The van der Waals surface area contributed by atoms with E-state index in [9.17, 15) is 13.2 Å². The summed E-state index contributed by atoms with van der Waals surface area (Å²) in [7, 11) is -4.82. The smallest absolute Gasteiger partial charge is 0.200 e. The molecule has 0 bridgehead atoms. The number of fused-ring (bicyclic) bond motifs is 6. The average molecular weight is 568 g/mol. The molecule has 0 saturated carbocycles. The molecule has 0 saturated heterocycles. The first-order valence-electron chi connectivity index (χ1n) is 12.8. The summed E-state index contributed by atoms with van der Waals surface area (Å²) in [5.74, 6) is -10.8. The van der Waals surface area contributed by atoms with Crippen LogP contribution in [0, 0.1) is 29.1 Å². The molecule has 7 heteroatoms. The van der Waals surface area contributed by atoms with Crippen molar-refractivity contribution in [3.63, 3.8) is 0 Å². The molecule has 41 heavy (non-hydrogen) atoms. The lowest BCUT2D eigenvalue weighted by molar-refractivity contribution is 0.384. The molecule has 0 aromatic heterocycles. The van der Waals surface area contributed by atoms with E-state index >= 15 is 13.3 Å². The largest absolute Gasteiger partial charge is 0.308 e. The predicted octanol–water partition coefficient (Wildman–Crippen LogP) is 8.63. The summed E-state index contributed by atoms with van der Waals surface area (Å²) in [6, 6.07) is 31.3. The predicted molar refractivity (Wildman–Crippen MR) is 156 cm³/mol. The van der Waals surface area contributed by atoms with Crippen LogP contribution in [0.15, 0.2) is 109 Å². The lowest BCUT2D eigenvalue weighted by Gasteiger charge is -2.25. The molecule has 0 radical (unpaired) electrons. The molecule has 0 heterocycles. The highest BCUT2D eigenvalue weighted by Crippen LogP contribution is 2.50. The van der Waals surface area contributed by atoms with Crippen LogP contribution in [0.3, 0.4) is 0 Å². The second-order valence-corrected chi connectivity index (χ2v) is 12.5. The van der Waals surface area contributed by atoms with Crippen LogP contribution in [0.1, 0.15) is 0 Å². The standard InChI is InChI=1S/C34H18F5OP/c35-29-30(36)32(38)34(33(39)31(29)37)41(40,27-17-19-9-1-3-11-21(19)23-13-5-7-15-25(23)27)28-18-20-10-2-4-12-22(20)24-14-6-8-16-26(24)28/h1-18H. The summed E-state index contributed by atoms with van der Waals surface area (Å²) in [6.45, 7) is 0. The number of halogens is 5. The zero-order valence-electron chi connectivity index (χ0n) is 21.1. The second kappa shape index (κ2) is 9.25. The maximum atomic E-state index is 15.9. The van der Waals surface area contributed by atoms with E-state index in [0.29, 0.717) is 32.3 Å². The molecule has 200 valence electrons. The van der Waals surface area contributed by atoms with Crippen LogP contribution in [-0.4, -0.2) is 0 Å². The third-order valence-corrected chi connectivity index (χ3v) is 10.8. The third kappa shape index (κ3) is 3.57. The maximum Gasteiger partial charge on any atom is 0.200 e. The van der Waals surface area contributed by atoms with Gasteiger partial charge < -0.3 is 4.57 Å². The van der Waals surface area contributed by atoms with E-state index in [1.165, 1.54) is 0 Å². The zero-order chi connectivity index (χ0) is 28.5. The van der Waals surface area contributed by atoms with Crippen LogP contribution >= 0.6 is 7.14 Å². The molecule has 0 atom stereocenters. The van der Waals surface area contributed by atoms with Crippen LogP contribution < -0.4 is 15.9 Å². The fraction of sp³-hybridized carbons (Fsp3) is 0. The van der Waals surface area contributed by atoms with Gasteiger partial charge in [0.1, 0.15) is 0 Å². The highest BCUT2D eigenvalue weighted by Gasteiger charge is 2.42. The number of hydrogen-bond acceptors (Lipinski definition) is 1. The number of hydrogen-bond donors (Lipinski definition) is 0. The van der Waals surface area contributed by atoms with Gasteiger partial charge in [-0.3, -0.25) is 0 Å². The van der Waals surface area contributed by atoms with Crippen molar-refractivity contribution in [3.8, 4) is 0 Å². The monoisotopic (exact) mass is 568 g/mol. The Morgan fingerprint density at radius 2 is 0.707 bits per heavy atom. The fourth-order valence-electron chi connectivity index (χ4n) is 5.83. The Hall–Kier alpha value is -4.54. The second-order valence-electron chi connectivity index (χ2n) is 9.85. The normalized spacial score (nSPS) is 12.1. The molecule has 0 N–H and O–H groups in total. The molecule has 0 spiro atoms. The number of benzene rings is 7. The summed E-state index contributed by atoms with van der Waals surface area (Å²) in [6.07, 6.45) is 0. The Balaban J connectivity index is 1.77. The van der Waals surface area contributed by atoms with E-state index in [1.807, 2.05) is 24.3 Å². The molecule has 0 unspecified atom stereocenters. The van der Waals surface area contributed by atoms with Crippen molar-refractivity contribution in [2.24, 2.45) is 0 Å². The Labute approximate surface area is 230 Å². The lowest BCUT2D eigenvalue weighted by atomic mass is 10.0. The zero-order valence-corrected chi connectivity index (χ0v) is 22.0. The Morgan fingerprint density at radius 3 is 1.12 bits per heavy atom. The molecule has 0 aliphatic rings. The quantitative estimate of drug-likeness (QED) is 0.0686. The first-order valence-corrected chi connectivity index (χ1v) is 14.5. The van der Waals surface area contributed by atoms with Crippen molar-refractivity contribution in [1.29, 1.82) is 0 Å². The first kappa shape index (κ1) is 25.4. The van der Waals surface area contributed by atoms with Crippen LogP contribution in [0.5, 0.6) is 0 Å². The van der Waals surface area contributed by atoms with Crippen molar-refractivity contribution in [2.75, 3.05) is 0 Å². The van der Waals surface area contributed by atoms with Gasteiger partial charge in [-0.15, -0.1) is 0 Å². The highest BCUT2D eigenvalue weighted by atomic mass is 31.2. The van der Waals surface area contributed by atoms with E-state index < -0.39 is 41.5 Å². The molecule has 7 aromatic rings. The molecule has 0 amide bonds. The van der Waals surface area contributed by atoms with Gasteiger partial charge in [0.15, 0.2) is 30.4 Å². The summed E-state index contributed by atoms with van der Waals surface area (Å²) in [5, 5.41) is 3.46. The van der Waals surface area contributed by atoms with Crippen molar-refractivity contribution in [2.45, 2.75) is 0 Å². The van der Waals surface area contributed by atoms with E-state index in [2.05, 4.69) is 0 Å². The molecule has 7 aromatic carbocycles. The number of rotatable bonds is 3. The van der Waals surface area contributed by atoms with Gasteiger partial charge in [0, 0.05) is 10.6 Å². The topological polar surface area (TPSA) is 17.1 Å². The van der Waals surface area contributed by atoms with Crippen molar-refractivity contribution in [1.82, 2.24) is 0 Å². The van der Waals surface area contributed by atoms with Gasteiger partial charge in [-0.05, 0) is 55.2 Å². The van der Waals surface area contributed by atoms with Gasteiger partial charge in [-0.2, -0.15) is 0 Å². The molecule has 7 rings (SSSR count). The summed E-state index contributed by atoms with van der Waals surface area (Å²) in [5.41, 5.74) is 0. The van der Waals surface area contributed by atoms with E-state index in [4.69, 9.17) is 0 Å². The van der Waals surface area contributed by atoms with Crippen LogP contribution in [0.4, 0.5) is 22.0 Å². The van der Waals surface area contributed by atoms with Crippen molar-refractivity contribution >= 4 is 66.1 Å². The highest BCUT2D eigenvalue weighted by molar-refractivity contribution is 7.86. The minimum Gasteiger partial charge on any atom is -0.308 e. The van der Waals surface area contributed by atoms with Gasteiger partial charge in [-0.25, -0.2) is 22.0 Å². The van der Waals surface area contributed by atoms with Gasteiger partial charge >= 0.3 is 0 Å². The minimum atomic E-state index is -4.82. The maximum absolute atomic E-state index is 15.9. The molecular formula is C34H18F5OP. The molecule has 0 fully saturated rings. The fourth-order valence-corrected chi connectivity index (χ4v) is 9.03. The van der Waals surface area contributed by atoms with Crippen LogP contribution in [-0.2, 0) is 4.57 Å². The van der Waals surface area contributed by atoms with Gasteiger partial charge in [-0.1, -0.05) is 97.1 Å². The SMILES string of the molecule is O=P(c1c(F)c(F)c(F)c(F)c1F)(c1cc2ccccc2c2ccccc12)c1cc2ccccc2c2ccccc12. The summed E-state index contributed by atoms with van der Waals surface area (Å²) < 4.78 is 91.4. The van der Waals surface area contributed by atoms with Crippen LogP contribution in [0.2, 0.25) is 0 Å². The summed E-state index contributed by atoms with van der Waals surface area (Å²) >= 11 is 0. The molecule has 0 aliphatic carbocycles. The van der Waals surface area contributed by atoms with Gasteiger partial charge in [0.2, 0.25) is 5.82 Å². The Kier molecular flexibility index (Phi) is 5.74. The average Bonchev–Trinajstić information content (AvgIpc) is 3.02. The van der Waals surface area contributed by atoms with Gasteiger partial charge in [0.25, 0.3) is 0 Å². The van der Waals surface area contributed by atoms with Crippen molar-refractivity contribution < 1.29 is 26.5 Å². The third-order valence-electron chi connectivity index (χ3n) is 7.67. The minimum absolute atomic E-state index is 0.0181. The lowest BCUT2D eigenvalue weighted by Crippen LogP contribution is -2.32. The Bertz CT molecular complexity index is 2110. The van der Waals surface area contributed by atoms with Crippen LogP contribution in [0.25, 0.3) is 43.1 Å². The van der Waals surface area contributed by atoms with Gasteiger partial charge in [0.05, 0.1) is 5.30 Å². The van der Waals surface area contributed by atoms with Crippen molar-refractivity contribution in [3.05, 3.63) is 138 Å². The first-order chi connectivity index (χ1) is 19.8. The van der Waals surface area contributed by atoms with E-state index in [-0.39, 0.29) is 10.6 Å². The molecule has 0 aliphatic heterocycles. The molecule has 1 nitrogen and oxygen atoms in total. The van der Waals surface area contributed by atoms with E-state index in [1.54, 1.807) is 84.9 Å². The summed E-state index contributed by atoms with van der Waals surface area (Å²) in [4.78, 5) is 0. The Morgan fingerprint density at radius 1 is 0.390 bits per heavy atom. The molecular weight excluding hydrogens is 550 g/mol. The van der Waals surface area contributed by atoms with E-state index in [0.717, 1.165) is 10.8 Å².